The average Bonchev–Trinajstić information content (AvgIpc) is 2.39. The van der Waals surface area contributed by atoms with Crippen molar-refractivity contribution in [1.82, 2.24) is 4.90 Å². The van der Waals surface area contributed by atoms with E-state index in [9.17, 15) is 9.59 Å². The molecule has 0 aromatic rings. The highest BCUT2D eigenvalue weighted by Gasteiger charge is 2.54. The van der Waals surface area contributed by atoms with Crippen LogP contribution in [0.25, 0.3) is 0 Å². The minimum Gasteiger partial charge on any atom is -0.374 e. The number of rotatable bonds is 0. The normalized spacial score (nSPS) is 35.9. The van der Waals surface area contributed by atoms with Gasteiger partial charge < -0.3 is 4.74 Å². The number of esters is 1. The summed E-state index contributed by atoms with van der Waals surface area (Å²) in [4.78, 5) is 23.6. The Morgan fingerprint density at radius 2 is 2.27 bits per heavy atom. The standard InChI is InChI=1S/C7H9NO3/c1-7-3-2-4-8(7)6(10)11-5(7)9/h2-4H2,1H3. The Morgan fingerprint density at radius 3 is 2.91 bits per heavy atom. The molecule has 2 aliphatic rings. The summed E-state index contributed by atoms with van der Waals surface area (Å²) in [7, 11) is 0. The smallest absolute Gasteiger partial charge is 0.374 e. The second kappa shape index (κ2) is 1.75. The number of nitrogens with zero attached hydrogens (tertiary/aromatic N) is 1. The molecule has 0 aliphatic carbocycles. The maximum absolute atomic E-state index is 11.1. The number of fused-ring (bicyclic) bond motifs is 1. The molecule has 0 aromatic heterocycles. The molecule has 1 atom stereocenters. The molecule has 2 saturated heterocycles. The first-order valence-corrected chi connectivity index (χ1v) is 3.68. The van der Waals surface area contributed by atoms with Crippen molar-refractivity contribution in [3.63, 3.8) is 0 Å². The molecule has 0 radical (unpaired) electrons. The van der Waals surface area contributed by atoms with Gasteiger partial charge in [0, 0.05) is 6.54 Å². The summed E-state index contributed by atoms with van der Waals surface area (Å²) in [5.74, 6) is -0.389. The fourth-order valence-corrected chi connectivity index (χ4v) is 1.71. The zero-order valence-electron chi connectivity index (χ0n) is 6.29. The summed E-state index contributed by atoms with van der Waals surface area (Å²) >= 11 is 0. The fraction of sp³-hybridized carbons (Fsp3) is 0.714. The third-order valence-corrected chi connectivity index (χ3v) is 2.48. The largest absolute Gasteiger partial charge is 0.418 e. The predicted molar refractivity (Wildman–Crippen MR) is 35.8 cm³/mol. The second-order valence-electron chi connectivity index (χ2n) is 3.18. The van der Waals surface area contributed by atoms with Crippen LogP contribution in [-0.4, -0.2) is 29.0 Å². The Hall–Kier alpha value is -1.06. The summed E-state index contributed by atoms with van der Waals surface area (Å²) < 4.78 is 4.48. The fourth-order valence-electron chi connectivity index (χ4n) is 1.71. The van der Waals surface area contributed by atoms with Gasteiger partial charge in [-0.25, -0.2) is 9.59 Å². The molecular formula is C7H9NO3. The van der Waals surface area contributed by atoms with E-state index in [1.165, 1.54) is 4.90 Å². The molecule has 4 heteroatoms. The molecule has 60 valence electrons. The predicted octanol–water partition coefficient (Wildman–Crippen LogP) is 0.518. The highest BCUT2D eigenvalue weighted by Crippen LogP contribution is 2.35. The topological polar surface area (TPSA) is 46.6 Å². The molecule has 1 amide bonds. The van der Waals surface area contributed by atoms with Crippen LogP contribution < -0.4 is 0 Å². The summed E-state index contributed by atoms with van der Waals surface area (Å²) in [5.41, 5.74) is -0.642. The second-order valence-corrected chi connectivity index (χ2v) is 3.18. The van der Waals surface area contributed by atoms with E-state index in [1.54, 1.807) is 6.92 Å². The van der Waals surface area contributed by atoms with Crippen LogP contribution in [-0.2, 0) is 9.53 Å². The van der Waals surface area contributed by atoms with Crippen LogP contribution in [0.2, 0.25) is 0 Å². The van der Waals surface area contributed by atoms with E-state index < -0.39 is 11.6 Å². The van der Waals surface area contributed by atoms with Crippen molar-refractivity contribution in [2.24, 2.45) is 0 Å². The van der Waals surface area contributed by atoms with Crippen molar-refractivity contribution < 1.29 is 14.3 Å². The maximum Gasteiger partial charge on any atom is 0.418 e. The van der Waals surface area contributed by atoms with Gasteiger partial charge in [-0.3, -0.25) is 4.90 Å². The van der Waals surface area contributed by atoms with Gasteiger partial charge in [-0.1, -0.05) is 0 Å². The van der Waals surface area contributed by atoms with Crippen molar-refractivity contribution in [2.45, 2.75) is 25.3 Å². The van der Waals surface area contributed by atoms with E-state index >= 15 is 0 Å². The Balaban J connectivity index is 2.39. The SMILES string of the molecule is CC12CCCN1C(=O)OC2=O. The van der Waals surface area contributed by atoms with E-state index in [2.05, 4.69) is 4.74 Å². The zero-order chi connectivity index (χ0) is 8.06. The Kier molecular flexibility index (Phi) is 1.06. The minimum atomic E-state index is -0.642. The maximum atomic E-state index is 11.1. The molecule has 2 aliphatic heterocycles. The first kappa shape index (κ1) is 6.64. The van der Waals surface area contributed by atoms with Crippen LogP contribution >= 0.6 is 0 Å². The molecule has 0 spiro atoms. The van der Waals surface area contributed by atoms with E-state index in [0.717, 1.165) is 12.8 Å². The number of ether oxygens (including phenoxy) is 1. The van der Waals surface area contributed by atoms with Crippen molar-refractivity contribution in [1.29, 1.82) is 0 Å². The van der Waals surface area contributed by atoms with Crippen molar-refractivity contribution in [3.8, 4) is 0 Å². The quantitative estimate of drug-likeness (QED) is 0.378. The lowest BCUT2D eigenvalue weighted by atomic mass is 10.0. The minimum absolute atomic E-state index is 0.389. The first-order chi connectivity index (χ1) is 5.14. The van der Waals surface area contributed by atoms with Gasteiger partial charge in [0.1, 0.15) is 5.54 Å². The van der Waals surface area contributed by atoms with Gasteiger partial charge in [-0.05, 0) is 19.8 Å². The number of hydrogen-bond acceptors (Lipinski definition) is 3. The van der Waals surface area contributed by atoms with Crippen LogP contribution in [0.15, 0.2) is 0 Å². The van der Waals surface area contributed by atoms with Gasteiger partial charge in [0.2, 0.25) is 0 Å². The molecule has 0 aromatic carbocycles. The van der Waals surface area contributed by atoms with Crippen LogP contribution in [0.4, 0.5) is 4.79 Å². The lowest BCUT2D eigenvalue weighted by Gasteiger charge is -2.19. The average molecular weight is 155 g/mol. The lowest BCUT2D eigenvalue weighted by Crippen LogP contribution is -2.41. The number of amides is 1. The highest BCUT2D eigenvalue weighted by molar-refractivity contribution is 5.98. The third kappa shape index (κ3) is 0.640. The van der Waals surface area contributed by atoms with Gasteiger partial charge in [-0.2, -0.15) is 0 Å². The summed E-state index contributed by atoms with van der Waals surface area (Å²) in [6, 6.07) is 0. The summed E-state index contributed by atoms with van der Waals surface area (Å²) in [5, 5.41) is 0. The van der Waals surface area contributed by atoms with Crippen LogP contribution in [0.5, 0.6) is 0 Å². The molecule has 1 unspecified atom stereocenters. The van der Waals surface area contributed by atoms with E-state index in [0.29, 0.717) is 6.54 Å². The van der Waals surface area contributed by atoms with E-state index in [-0.39, 0.29) is 5.97 Å². The molecule has 2 fully saturated rings. The van der Waals surface area contributed by atoms with Crippen molar-refractivity contribution >= 4 is 12.1 Å². The Labute approximate surface area is 64.1 Å². The van der Waals surface area contributed by atoms with E-state index in [4.69, 9.17) is 0 Å². The molecule has 4 nitrogen and oxygen atoms in total. The van der Waals surface area contributed by atoms with Crippen LogP contribution in [0.3, 0.4) is 0 Å². The summed E-state index contributed by atoms with van der Waals surface area (Å²) in [6.07, 6.45) is 1.16. The highest BCUT2D eigenvalue weighted by atomic mass is 16.6. The Morgan fingerprint density at radius 1 is 1.55 bits per heavy atom. The van der Waals surface area contributed by atoms with Crippen LogP contribution in [0, 0.1) is 0 Å². The molecule has 0 saturated carbocycles. The van der Waals surface area contributed by atoms with Crippen LogP contribution in [0.1, 0.15) is 19.8 Å². The zero-order valence-corrected chi connectivity index (χ0v) is 6.29. The Bertz CT molecular complexity index is 238. The number of cyclic esters (lactones) is 2. The summed E-state index contributed by atoms with van der Waals surface area (Å²) in [6.45, 7) is 2.41. The van der Waals surface area contributed by atoms with Gasteiger partial charge in [0.25, 0.3) is 0 Å². The van der Waals surface area contributed by atoms with Gasteiger partial charge in [0.15, 0.2) is 0 Å². The first-order valence-electron chi connectivity index (χ1n) is 3.68. The number of carbonyl (C=O) groups is 2. The number of hydrogen-bond donors (Lipinski definition) is 0. The van der Waals surface area contributed by atoms with Gasteiger partial charge >= 0.3 is 12.1 Å². The molecular weight excluding hydrogens is 146 g/mol. The third-order valence-electron chi connectivity index (χ3n) is 2.48. The van der Waals surface area contributed by atoms with Gasteiger partial charge in [0.05, 0.1) is 0 Å². The molecule has 2 heterocycles. The molecule has 2 rings (SSSR count). The lowest BCUT2D eigenvalue weighted by molar-refractivity contribution is -0.139. The van der Waals surface area contributed by atoms with Crippen molar-refractivity contribution in [2.75, 3.05) is 6.54 Å². The molecule has 0 bridgehead atoms. The number of carbonyl (C=O) groups excluding carboxylic acids is 2. The van der Waals surface area contributed by atoms with Crippen molar-refractivity contribution in [3.05, 3.63) is 0 Å². The monoisotopic (exact) mass is 155 g/mol. The van der Waals surface area contributed by atoms with E-state index in [1.807, 2.05) is 0 Å². The molecule has 11 heavy (non-hydrogen) atoms. The van der Waals surface area contributed by atoms with Gasteiger partial charge in [-0.15, -0.1) is 0 Å². The molecule has 0 N–H and O–H groups in total.